The first-order chi connectivity index (χ1) is 12.6. The molecule has 6 nitrogen and oxygen atoms in total. The lowest BCUT2D eigenvalue weighted by atomic mass is 10.1. The second kappa shape index (κ2) is 9.29. The maximum absolute atomic E-state index is 12.6. The maximum Gasteiger partial charge on any atom is 0.387 e. The van der Waals surface area contributed by atoms with Crippen LogP contribution in [0.15, 0.2) is 48.5 Å². The third kappa shape index (κ3) is 4.93. The lowest BCUT2D eigenvalue weighted by Crippen LogP contribution is -2.16. The Bertz CT molecular complexity index is 901. The standard InChI is InChI=1S/C18H17F2N3O3.ClH/c19-17(20)26-13-7-5-12(6-8-13)16(25)11-23-15-4-2-1-3-14(15)22-18(23)21-9-10-24;/h1-8,17,24H,9-11H2,(H,21,22);1H. The molecule has 0 radical (unpaired) electrons. The summed E-state index contributed by atoms with van der Waals surface area (Å²) in [4.78, 5) is 17.0. The van der Waals surface area contributed by atoms with E-state index in [4.69, 9.17) is 5.11 Å². The van der Waals surface area contributed by atoms with E-state index in [0.29, 0.717) is 18.1 Å². The van der Waals surface area contributed by atoms with Crippen molar-refractivity contribution in [1.29, 1.82) is 0 Å². The summed E-state index contributed by atoms with van der Waals surface area (Å²) in [6.45, 7) is -2.66. The van der Waals surface area contributed by atoms with E-state index in [1.165, 1.54) is 24.3 Å². The number of hydrogen-bond acceptors (Lipinski definition) is 5. The summed E-state index contributed by atoms with van der Waals surface area (Å²) >= 11 is 0. The first kappa shape index (κ1) is 20.6. The summed E-state index contributed by atoms with van der Waals surface area (Å²) in [5.41, 5.74) is 1.87. The second-order valence-electron chi connectivity index (χ2n) is 5.49. The Kier molecular flexibility index (Phi) is 7.09. The molecule has 1 heterocycles. The molecule has 144 valence electrons. The Morgan fingerprint density at radius 2 is 1.89 bits per heavy atom. The SMILES string of the molecule is Cl.O=C(Cn1c(NCCO)nc2ccccc21)c1ccc(OC(F)F)cc1. The van der Waals surface area contributed by atoms with E-state index < -0.39 is 6.61 Å². The Labute approximate surface area is 160 Å². The van der Waals surface area contributed by atoms with Crippen molar-refractivity contribution in [2.75, 3.05) is 18.5 Å². The van der Waals surface area contributed by atoms with Gasteiger partial charge in [0.25, 0.3) is 0 Å². The van der Waals surface area contributed by atoms with Gasteiger partial charge in [-0.3, -0.25) is 4.79 Å². The smallest absolute Gasteiger partial charge is 0.387 e. The van der Waals surface area contributed by atoms with Crippen molar-refractivity contribution in [3.63, 3.8) is 0 Å². The number of nitrogens with zero attached hydrogens (tertiary/aromatic N) is 2. The molecule has 2 N–H and O–H groups in total. The molecule has 3 aromatic rings. The maximum atomic E-state index is 12.6. The van der Waals surface area contributed by atoms with Crippen LogP contribution in [0.4, 0.5) is 14.7 Å². The fourth-order valence-corrected chi connectivity index (χ4v) is 2.60. The number of aliphatic hydroxyl groups is 1. The van der Waals surface area contributed by atoms with E-state index in [0.717, 1.165) is 11.0 Å². The quantitative estimate of drug-likeness (QED) is 0.570. The molecule has 3 rings (SSSR count). The lowest BCUT2D eigenvalue weighted by Gasteiger charge is -2.10. The zero-order chi connectivity index (χ0) is 18.5. The highest BCUT2D eigenvalue weighted by Crippen LogP contribution is 2.21. The van der Waals surface area contributed by atoms with Gasteiger partial charge in [-0.15, -0.1) is 12.4 Å². The average molecular weight is 398 g/mol. The average Bonchev–Trinajstić information content (AvgIpc) is 2.97. The van der Waals surface area contributed by atoms with Gasteiger partial charge in [0, 0.05) is 12.1 Å². The molecule has 0 saturated heterocycles. The summed E-state index contributed by atoms with van der Waals surface area (Å²) in [7, 11) is 0. The number of Topliss-reactive ketones (excluding diaryl/α,β-unsaturated/α-hetero) is 1. The Hall–Kier alpha value is -2.71. The number of nitrogens with one attached hydrogen (secondary N) is 1. The van der Waals surface area contributed by atoms with Crippen LogP contribution in [0.3, 0.4) is 0 Å². The molecule has 27 heavy (non-hydrogen) atoms. The summed E-state index contributed by atoms with van der Waals surface area (Å²) in [5.74, 6) is 0.269. The van der Waals surface area contributed by atoms with E-state index in [-0.39, 0.29) is 37.1 Å². The van der Waals surface area contributed by atoms with Crippen LogP contribution in [0.2, 0.25) is 0 Å². The number of alkyl halides is 2. The van der Waals surface area contributed by atoms with Crippen LogP contribution in [-0.4, -0.2) is 40.2 Å². The van der Waals surface area contributed by atoms with Crippen LogP contribution in [-0.2, 0) is 6.54 Å². The summed E-state index contributed by atoms with van der Waals surface area (Å²) < 4.78 is 30.4. The highest BCUT2D eigenvalue weighted by molar-refractivity contribution is 5.97. The molecule has 0 aliphatic carbocycles. The summed E-state index contributed by atoms with van der Waals surface area (Å²) in [5, 5.41) is 12.0. The monoisotopic (exact) mass is 397 g/mol. The Morgan fingerprint density at radius 1 is 1.19 bits per heavy atom. The molecule has 0 aliphatic heterocycles. The molecule has 2 aromatic carbocycles. The van der Waals surface area contributed by atoms with Gasteiger partial charge >= 0.3 is 6.61 Å². The van der Waals surface area contributed by atoms with Crippen molar-refractivity contribution >= 4 is 35.2 Å². The zero-order valence-corrected chi connectivity index (χ0v) is 15.0. The fraction of sp³-hybridized carbons (Fsp3) is 0.222. The van der Waals surface area contributed by atoms with Crippen LogP contribution in [0, 0.1) is 0 Å². The van der Waals surface area contributed by atoms with Gasteiger partial charge in [-0.1, -0.05) is 12.1 Å². The van der Waals surface area contributed by atoms with Crippen LogP contribution in [0.1, 0.15) is 10.4 Å². The number of fused-ring (bicyclic) bond motifs is 1. The predicted octanol–water partition coefficient (Wildman–Crippen LogP) is 3.35. The van der Waals surface area contributed by atoms with Gasteiger partial charge in [-0.25, -0.2) is 4.98 Å². The van der Waals surface area contributed by atoms with Gasteiger partial charge in [0.2, 0.25) is 5.95 Å². The highest BCUT2D eigenvalue weighted by Gasteiger charge is 2.15. The first-order valence-electron chi connectivity index (χ1n) is 7.96. The summed E-state index contributed by atoms with van der Waals surface area (Å²) in [6, 6.07) is 12.9. The minimum absolute atomic E-state index is 0. The molecule has 9 heteroatoms. The number of rotatable bonds is 8. The Balaban J connectivity index is 0.00000261. The molecule has 1 aromatic heterocycles. The number of hydrogen-bond donors (Lipinski definition) is 2. The molecule has 0 amide bonds. The van der Waals surface area contributed by atoms with Crippen LogP contribution < -0.4 is 10.1 Å². The van der Waals surface area contributed by atoms with E-state index in [2.05, 4.69) is 15.0 Å². The minimum Gasteiger partial charge on any atom is -0.435 e. The van der Waals surface area contributed by atoms with Crippen molar-refractivity contribution in [2.45, 2.75) is 13.2 Å². The zero-order valence-electron chi connectivity index (χ0n) is 14.1. The number of ether oxygens (including phenoxy) is 1. The van der Waals surface area contributed by atoms with Gasteiger partial charge in [-0.05, 0) is 36.4 Å². The molecule has 0 spiro atoms. The number of benzene rings is 2. The van der Waals surface area contributed by atoms with Crippen molar-refractivity contribution < 1.29 is 23.4 Å². The Morgan fingerprint density at radius 3 is 2.56 bits per heavy atom. The van der Waals surface area contributed by atoms with Gasteiger partial charge in [0.1, 0.15) is 5.75 Å². The lowest BCUT2D eigenvalue weighted by molar-refractivity contribution is -0.0498. The molecular weight excluding hydrogens is 380 g/mol. The normalized spacial score (nSPS) is 10.7. The number of aliphatic hydroxyl groups excluding tert-OH is 1. The van der Waals surface area contributed by atoms with Crippen LogP contribution >= 0.6 is 12.4 Å². The molecular formula is C18H18ClF2N3O3. The van der Waals surface area contributed by atoms with E-state index >= 15 is 0 Å². The number of imidazole rings is 1. The third-order valence-corrected chi connectivity index (χ3v) is 3.75. The summed E-state index contributed by atoms with van der Waals surface area (Å²) in [6.07, 6.45) is 0. The molecule has 0 saturated carbocycles. The van der Waals surface area contributed by atoms with E-state index in [1.807, 2.05) is 24.3 Å². The fourth-order valence-electron chi connectivity index (χ4n) is 2.60. The van der Waals surface area contributed by atoms with Gasteiger partial charge in [-0.2, -0.15) is 8.78 Å². The van der Waals surface area contributed by atoms with Gasteiger partial charge < -0.3 is 19.7 Å². The van der Waals surface area contributed by atoms with Crippen molar-refractivity contribution in [2.24, 2.45) is 0 Å². The van der Waals surface area contributed by atoms with Crippen LogP contribution in [0.5, 0.6) is 5.75 Å². The number of anilines is 1. The molecule has 0 aliphatic rings. The number of carbonyl (C=O) groups excluding carboxylic acids is 1. The molecule has 0 fully saturated rings. The van der Waals surface area contributed by atoms with E-state index in [9.17, 15) is 13.6 Å². The molecule has 0 atom stereocenters. The number of ketones is 1. The van der Waals surface area contributed by atoms with Gasteiger partial charge in [0.05, 0.1) is 24.2 Å². The number of halogens is 3. The highest BCUT2D eigenvalue weighted by atomic mass is 35.5. The third-order valence-electron chi connectivity index (χ3n) is 3.75. The van der Waals surface area contributed by atoms with E-state index in [1.54, 1.807) is 4.57 Å². The van der Waals surface area contributed by atoms with Crippen LogP contribution in [0.25, 0.3) is 11.0 Å². The first-order valence-corrected chi connectivity index (χ1v) is 7.96. The second-order valence-corrected chi connectivity index (χ2v) is 5.49. The topological polar surface area (TPSA) is 76.4 Å². The predicted molar refractivity (Wildman–Crippen MR) is 100.0 cm³/mol. The van der Waals surface area contributed by atoms with Crippen molar-refractivity contribution in [3.05, 3.63) is 54.1 Å². The largest absolute Gasteiger partial charge is 0.435 e. The van der Waals surface area contributed by atoms with Gasteiger partial charge in [0.15, 0.2) is 5.78 Å². The van der Waals surface area contributed by atoms with Crippen molar-refractivity contribution in [1.82, 2.24) is 9.55 Å². The molecule has 0 bridgehead atoms. The number of carbonyl (C=O) groups is 1. The number of aromatic nitrogens is 2. The number of para-hydroxylation sites is 2. The van der Waals surface area contributed by atoms with Crippen molar-refractivity contribution in [3.8, 4) is 5.75 Å². The minimum atomic E-state index is -2.91. The molecule has 0 unspecified atom stereocenters.